The van der Waals surface area contributed by atoms with E-state index < -0.39 is 21.7 Å². The van der Waals surface area contributed by atoms with Crippen molar-refractivity contribution in [1.29, 1.82) is 0 Å². The standard InChI is InChI=1S/C16H17NO5S/c1-10(2)11-3-6-13(7-4-11)23(21,22)17-12-5-8-14(16(19)20)15(18)9-12/h3-10,17-18H,1-2H3,(H,19,20). The second-order valence-electron chi connectivity index (χ2n) is 5.37. The Morgan fingerprint density at radius 3 is 2.17 bits per heavy atom. The zero-order chi connectivity index (χ0) is 17.2. The van der Waals surface area contributed by atoms with Gasteiger partial charge in [0.05, 0.1) is 10.6 Å². The zero-order valence-electron chi connectivity index (χ0n) is 12.6. The van der Waals surface area contributed by atoms with Crippen molar-refractivity contribution in [2.45, 2.75) is 24.7 Å². The van der Waals surface area contributed by atoms with Crippen molar-refractivity contribution in [3.63, 3.8) is 0 Å². The normalized spacial score (nSPS) is 11.4. The number of phenols is 1. The molecule has 0 aliphatic carbocycles. The third-order valence-electron chi connectivity index (χ3n) is 3.34. The van der Waals surface area contributed by atoms with E-state index in [1.165, 1.54) is 18.2 Å². The van der Waals surface area contributed by atoms with Crippen LogP contribution in [0.3, 0.4) is 0 Å². The molecule has 122 valence electrons. The first-order valence-electron chi connectivity index (χ1n) is 6.90. The minimum atomic E-state index is -3.81. The van der Waals surface area contributed by atoms with Crippen molar-refractivity contribution in [3.05, 3.63) is 53.6 Å². The maximum Gasteiger partial charge on any atom is 0.339 e. The van der Waals surface area contributed by atoms with Gasteiger partial charge >= 0.3 is 5.97 Å². The molecule has 0 fully saturated rings. The molecule has 0 aliphatic rings. The second kappa shape index (κ2) is 6.29. The van der Waals surface area contributed by atoms with E-state index >= 15 is 0 Å². The lowest BCUT2D eigenvalue weighted by molar-refractivity contribution is 0.0694. The highest BCUT2D eigenvalue weighted by molar-refractivity contribution is 7.92. The first-order valence-corrected chi connectivity index (χ1v) is 8.38. The van der Waals surface area contributed by atoms with Gasteiger partial charge < -0.3 is 10.2 Å². The summed E-state index contributed by atoms with van der Waals surface area (Å²) in [6, 6.07) is 9.96. The van der Waals surface area contributed by atoms with Crippen LogP contribution in [0.4, 0.5) is 5.69 Å². The summed E-state index contributed by atoms with van der Waals surface area (Å²) in [5.41, 5.74) is 0.807. The Morgan fingerprint density at radius 1 is 1.09 bits per heavy atom. The van der Waals surface area contributed by atoms with Crippen LogP contribution in [-0.2, 0) is 10.0 Å². The van der Waals surface area contributed by atoms with Gasteiger partial charge in [-0.3, -0.25) is 4.72 Å². The van der Waals surface area contributed by atoms with Gasteiger partial charge in [-0.2, -0.15) is 0 Å². The number of aromatic hydroxyl groups is 1. The van der Waals surface area contributed by atoms with Gasteiger partial charge in [0.25, 0.3) is 10.0 Å². The SMILES string of the molecule is CC(C)c1ccc(S(=O)(=O)Nc2ccc(C(=O)O)c(O)c2)cc1. The summed E-state index contributed by atoms with van der Waals surface area (Å²) in [5.74, 6) is -1.51. The summed E-state index contributed by atoms with van der Waals surface area (Å²) in [6.45, 7) is 4.02. The molecule has 0 amide bonds. The molecule has 0 aromatic heterocycles. The molecule has 3 N–H and O–H groups in total. The molecule has 2 rings (SSSR count). The van der Waals surface area contributed by atoms with Crippen molar-refractivity contribution >= 4 is 21.7 Å². The third kappa shape index (κ3) is 3.81. The van der Waals surface area contributed by atoms with Crippen LogP contribution in [0.25, 0.3) is 0 Å². The summed E-state index contributed by atoms with van der Waals surface area (Å²) in [4.78, 5) is 10.9. The lowest BCUT2D eigenvalue weighted by atomic mass is 10.0. The average Bonchev–Trinajstić information content (AvgIpc) is 2.46. The van der Waals surface area contributed by atoms with Gasteiger partial charge in [-0.1, -0.05) is 26.0 Å². The Balaban J connectivity index is 2.27. The molecule has 0 saturated heterocycles. The van der Waals surface area contributed by atoms with Gasteiger partial charge in [-0.05, 0) is 35.7 Å². The molecule has 2 aromatic carbocycles. The Kier molecular flexibility index (Phi) is 4.60. The topological polar surface area (TPSA) is 104 Å². The van der Waals surface area contributed by atoms with Crippen LogP contribution in [0, 0.1) is 0 Å². The van der Waals surface area contributed by atoms with E-state index in [-0.39, 0.29) is 16.1 Å². The third-order valence-corrected chi connectivity index (χ3v) is 4.73. The molecular weight excluding hydrogens is 318 g/mol. The van der Waals surface area contributed by atoms with Gasteiger partial charge in [0, 0.05) is 6.07 Å². The van der Waals surface area contributed by atoms with E-state index in [0.717, 1.165) is 17.7 Å². The Bertz CT molecular complexity index is 826. The number of carboxylic acids is 1. The summed E-state index contributed by atoms with van der Waals surface area (Å²) < 4.78 is 26.9. The van der Waals surface area contributed by atoms with Crippen LogP contribution in [0.5, 0.6) is 5.75 Å². The second-order valence-corrected chi connectivity index (χ2v) is 7.05. The lowest BCUT2D eigenvalue weighted by Crippen LogP contribution is -2.13. The molecule has 0 unspecified atom stereocenters. The van der Waals surface area contributed by atoms with E-state index in [1.54, 1.807) is 12.1 Å². The maximum absolute atomic E-state index is 12.3. The molecule has 0 saturated carbocycles. The Hall–Kier alpha value is -2.54. The van der Waals surface area contributed by atoms with Crippen LogP contribution in [0.1, 0.15) is 35.7 Å². The largest absolute Gasteiger partial charge is 0.507 e. The molecular formula is C16H17NO5S. The summed E-state index contributed by atoms with van der Waals surface area (Å²) in [5, 5.41) is 18.5. The van der Waals surface area contributed by atoms with Crippen molar-refractivity contribution in [3.8, 4) is 5.75 Å². The fraction of sp³-hybridized carbons (Fsp3) is 0.188. The van der Waals surface area contributed by atoms with Gasteiger partial charge in [0.2, 0.25) is 0 Å². The fourth-order valence-electron chi connectivity index (χ4n) is 2.02. The highest BCUT2D eigenvalue weighted by atomic mass is 32.2. The first-order chi connectivity index (χ1) is 10.7. The van der Waals surface area contributed by atoms with Crippen LogP contribution >= 0.6 is 0 Å². The predicted molar refractivity (Wildman–Crippen MR) is 86.4 cm³/mol. The van der Waals surface area contributed by atoms with Crippen molar-refractivity contribution in [1.82, 2.24) is 0 Å². The number of hydrogen-bond donors (Lipinski definition) is 3. The van der Waals surface area contributed by atoms with Crippen LogP contribution in [0.15, 0.2) is 47.4 Å². The number of nitrogens with one attached hydrogen (secondary N) is 1. The molecule has 6 nitrogen and oxygen atoms in total. The van der Waals surface area contributed by atoms with Crippen molar-refractivity contribution in [2.75, 3.05) is 4.72 Å². The number of carboxylic acid groups (broad SMARTS) is 1. The van der Waals surface area contributed by atoms with E-state index in [2.05, 4.69) is 4.72 Å². The van der Waals surface area contributed by atoms with Crippen molar-refractivity contribution in [2.24, 2.45) is 0 Å². The smallest absolute Gasteiger partial charge is 0.339 e. The number of carbonyl (C=O) groups is 1. The molecule has 2 aromatic rings. The first kappa shape index (κ1) is 16.8. The number of hydrogen-bond acceptors (Lipinski definition) is 4. The van der Waals surface area contributed by atoms with Gasteiger partial charge in [0.15, 0.2) is 0 Å². The lowest BCUT2D eigenvalue weighted by Gasteiger charge is -2.11. The number of rotatable bonds is 5. The Labute approximate surface area is 134 Å². The van der Waals surface area contributed by atoms with E-state index in [4.69, 9.17) is 5.11 Å². The minimum Gasteiger partial charge on any atom is -0.507 e. The average molecular weight is 335 g/mol. The number of benzene rings is 2. The van der Waals surface area contributed by atoms with Gasteiger partial charge in [-0.15, -0.1) is 0 Å². The minimum absolute atomic E-state index is 0.0837. The quantitative estimate of drug-likeness (QED) is 0.779. The van der Waals surface area contributed by atoms with E-state index in [9.17, 15) is 18.3 Å². The zero-order valence-corrected chi connectivity index (χ0v) is 13.5. The molecule has 7 heteroatoms. The molecule has 0 atom stereocenters. The molecule has 23 heavy (non-hydrogen) atoms. The summed E-state index contributed by atoms with van der Waals surface area (Å²) in [7, 11) is -3.81. The molecule has 0 bridgehead atoms. The summed E-state index contributed by atoms with van der Waals surface area (Å²) in [6.07, 6.45) is 0. The van der Waals surface area contributed by atoms with Crippen LogP contribution in [-0.4, -0.2) is 24.6 Å². The molecule has 0 heterocycles. The monoisotopic (exact) mass is 335 g/mol. The number of aromatic carboxylic acids is 1. The fourth-order valence-corrected chi connectivity index (χ4v) is 3.07. The van der Waals surface area contributed by atoms with Crippen LogP contribution in [0.2, 0.25) is 0 Å². The summed E-state index contributed by atoms with van der Waals surface area (Å²) >= 11 is 0. The molecule has 0 spiro atoms. The highest BCUT2D eigenvalue weighted by Crippen LogP contribution is 2.25. The molecule has 0 radical (unpaired) electrons. The predicted octanol–water partition coefficient (Wildman–Crippen LogP) is 3.01. The number of sulfonamides is 1. The van der Waals surface area contributed by atoms with E-state index in [1.807, 2.05) is 13.8 Å². The maximum atomic E-state index is 12.3. The number of anilines is 1. The molecule has 0 aliphatic heterocycles. The highest BCUT2D eigenvalue weighted by Gasteiger charge is 2.16. The van der Waals surface area contributed by atoms with Gasteiger partial charge in [0.1, 0.15) is 11.3 Å². The van der Waals surface area contributed by atoms with Gasteiger partial charge in [-0.25, -0.2) is 13.2 Å². The van der Waals surface area contributed by atoms with Crippen LogP contribution < -0.4 is 4.72 Å². The Morgan fingerprint density at radius 2 is 1.70 bits per heavy atom. The van der Waals surface area contributed by atoms with Crippen molar-refractivity contribution < 1.29 is 23.4 Å². The van der Waals surface area contributed by atoms with E-state index in [0.29, 0.717) is 5.92 Å².